The largest absolute Gasteiger partial charge is 0.355 e. The first-order chi connectivity index (χ1) is 8.16. The van der Waals surface area contributed by atoms with Crippen LogP contribution in [0, 0.1) is 5.92 Å². The number of hydrogen-bond acceptors (Lipinski definition) is 4. The van der Waals surface area contributed by atoms with Crippen LogP contribution in [0.2, 0.25) is 0 Å². The molecule has 0 aromatic carbocycles. The fourth-order valence-corrected chi connectivity index (χ4v) is 1.78. The Bertz CT molecular complexity index is 393. The summed E-state index contributed by atoms with van der Waals surface area (Å²) in [5, 5.41) is 12.0. The summed E-state index contributed by atoms with van der Waals surface area (Å²) in [6, 6.07) is -0.206. The van der Waals surface area contributed by atoms with E-state index in [1.165, 1.54) is 6.33 Å². The van der Waals surface area contributed by atoms with Gasteiger partial charge < -0.3 is 10.6 Å². The molecule has 1 aliphatic rings. The first-order valence-corrected chi connectivity index (χ1v) is 5.59. The third-order valence-corrected chi connectivity index (χ3v) is 2.84. The van der Waals surface area contributed by atoms with Crippen molar-refractivity contribution in [2.75, 3.05) is 6.54 Å². The lowest BCUT2D eigenvalue weighted by atomic mass is 9.98. The van der Waals surface area contributed by atoms with E-state index < -0.39 is 0 Å². The normalized spacial score (nSPS) is 21.7. The Morgan fingerprint density at radius 1 is 1.65 bits per heavy atom. The van der Waals surface area contributed by atoms with Crippen molar-refractivity contribution in [1.29, 1.82) is 0 Å². The average molecular weight is 237 g/mol. The molecule has 7 heteroatoms. The van der Waals surface area contributed by atoms with Crippen molar-refractivity contribution in [1.82, 2.24) is 25.8 Å². The number of aromatic nitrogens is 3. The molecule has 1 saturated heterocycles. The Morgan fingerprint density at radius 2 is 2.47 bits per heavy atom. The number of nitrogens with zero attached hydrogens (tertiary/aromatic N) is 2. The van der Waals surface area contributed by atoms with Gasteiger partial charge in [-0.15, -0.1) is 0 Å². The third-order valence-electron chi connectivity index (χ3n) is 2.84. The fraction of sp³-hybridized carbons (Fsp3) is 0.600. The maximum absolute atomic E-state index is 11.9. The summed E-state index contributed by atoms with van der Waals surface area (Å²) in [5.41, 5.74) is 0. The van der Waals surface area contributed by atoms with Gasteiger partial charge in [0.05, 0.1) is 12.0 Å². The maximum atomic E-state index is 11.9. The second kappa shape index (κ2) is 4.94. The van der Waals surface area contributed by atoms with Gasteiger partial charge in [0.15, 0.2) is 0 Å². The molecular weight excluding hydrogens is 222 g/mol. The standard InChI is InChI=1S/C10H15N5O2/c1-6(9-12-5-13-15-9)14-10(17)7-2-3-8(16)11-4-7/h5-7H,2-4H2,1H3,(H,11,16)(H,14,17)(H,12,13,15). The SMILES string of the molecule is CC(NC(=O)C1CCC(=O)NC1)c1ncn[nH]1. The molecule has 0 spiro atoms. The molecule has 2 amide bonds. The Labute approximate surface area is 98.4 Å². The van der Waals surface area contributed by atoms with Crippen LogP contribution in [-0.2, 0) is 9.59 Å². The maximum Gasteiger partial charge on any atom is 0.225 e. The molecule has 2 rings (SSSR count). The van der Waals surface area contributed by atoms with E-state index in [1.807, 2.05) is 6.92 Å². The summed E-state index contributed by atoms with van der Waals surface area (Å²) in [6.07, 6.45) is 2.41. The molecule has 17 heavy (non-hydrogen) atoms. The fourth-order valence-electron chi connectivity index (χ4n) is 1.78. The van der Waals surface area contributed by atoms with Gasteiger partial charge in [-0.2, -0.15) is 5.10 Å². The van der Waals surface area contributed by atoms with Crippen LogP contribution in [0.5, 0.6) is 0 Å². The number of piperidine rings is 1. The topological polar surface area (TPSA) is 99.8 Å². The van der Waals surface area contributed by atoms with E-state index in [-0.39, 0.29) is 23.8 Å². The molecule has 0 radical (unpaired) electrons. The number of amides is 2. The van der Waals surface area contributed by atoms with Gasteiger partial charge in [-0.3, -0.25) is 14.7 Å². The summed E-state index contributed by atoms with van der Waals surface area (Å²) in [6.45, 7) is 2.24. The number of hydrogen-bond donors (Lipinski definition) is 3. The molecule has 2 heterocycles. The van der Waals surface area contributed by atoms with Crippen LogP contribution < -0.4 is 10.6 Å². The molecule has 2 unspecified atom stereocenters. The predicted octanol–water partition coefficient (Wildman–Crippen LogP) is -0.492. The van der Waals surface area contributed by atoms with Gasteiger partial charge in [-0.05, 0) is 13.3 Å². The van der Waals surface area contributed by atoms with Crippen LogP contribution in [0.3, 0.4) is 0 Å². The van der Waals surface area contributed by atoms with Crippen molar-refractivity contribution >= 4 is 11.8 Å². The minimum Gasteiger partial charge on any atom is -0.355 e. The molecular formula is C10H15N5O2. The molecule has 1 aliphatic heterocycles. The highest BCUT2D eigenvalue weighted by atomic mass is 16.2. The van der Waals surface area contributed by atoms with Crippen LogP contribution in [0.4, 0.5) is 0 Å². The molecule has 1 aromatic heterocycles. The quantitative estimate of drug-likeness (QED) is 0.660. The zero-order valence-electron chi connectivity index (χ0n) is 9.56. The van der Waals surface area contributed by atoms with E-state index in [0.717, 1.165) is 0 Å². The van der Waals surface area contributed by atoms with E-state index in [0.29, 0.717) is 25.2 Å². The Balaban J connectivity index is 1.86. The van der Waals surface area contributed by atoms with Crippen molar-refractivity contribution in [3.63, 3.8) is 0 Å². The average Bonchev–Trinajstić information content (AvgIpc) is 2.83. The smallest absolute Gasteiger partial charge is 0.225 e. The lowest BCUT2D eigenvalue weighted by molar-refractivity contribution is -0.129. The van der Waals surface area contributed by atoms with Crippen molar-refractivity contribution in [3.8, 4) is 0 Å². The summed E-state index contributed by atoms with van der Waals surface area (Å²) in [4.78, 5) is 26.8. The first-order valence-electron chi connectivity index (χ1n) is 5.59. The first kappa shape index (κ1) is 11.6. The van der Waals surface area contributed by atoms with E-state index in [2.05, 4.69) is 25.8 Å². The summed E-state index contributed by atoms with van der Waals surface area (Å²) >= 11 is 0. The van der Waals surface area contributed by atoms with Crippen molar-refractivity contribution < 1.29 is 9.59 Å². The minimum atomic E-state index is -0.206. The van der Waals surface area contributed by atoms with Gasteiger partial charge in [-0.1, -0.05) is 0 Å². The molecule has 2 atom stereocenters. The molecule has 3 N–H and O–H groups in total. The van der Waals surface area contributed by atoms with Crippen LogP contribution in [-0.4, -0.2) is 33.5 Å². The highest BCUT2D eigenvalue weighted by Crippen LogP contribution is 2.13. The summed E-state index contributed by atoms with van der Waals surface area (Å²) in [7, 11) is 0. The van der Waals surface area contributed by atoms with E-state index in [1.54, 1.807) is 0 Å². The second-order valence-corrected chi connectivity index (χ2v) is 4.14. The van der Waals surface area contributed by atoms with Gasteiger partial charge in [0.2, 0.25) is 11.8 Å². The number of rotatable bonds is 3. The van der Waals surface area contributed by atoms with Crippen molar-refractivity contribution in [2.24, 2.45) is 5.92 Å². The Hall–Kier alpha value is -1.92. The predicted molar refractivity (Wildman–Crippen MR) is 58.7 cm³/mol. The van der Waals surface area contributed by atoms with Crippen LogP contribution >= 0.6 is 0 Å². The van der Waals surface area contributed by atoms with Gasteiger partial charge in [0, 0.05) is 13.0 Å². The van der Waals surface area contributed by atoms with Gasteiger partial charge in [-0.25, -0.2) is 4.98 Å². The molecule has 0 saturated carbocycles. The van der Waals surface area contributed by atoms with Gasteiger partial charge >= 0.3 is 0 Å². The Kier molecular flexibility index (Phi) is 3.36. The highest BCUT2D eigenvalue weighted by Gasteiger charge is 2.25. The number of aromatic amines is 1. The van der Waals surface area contributed by atoms with Crippen LogP contribution in [0.1, 0.15) is 31.6 Å². The molecule has 0 aliphatic carbocycles. The molecule has 92 valence electrons. The number of carbonyl (C=O) groups is 2. The third kappa shape index (κ3) is 2.80. The molecule has 0 bridgehead atoms. The van der Waals surface area contributed by atoms with Crippen LogP contribution in [0.25, 0.3) is 0 Å². The lowest BCUT2D eigenvalue weighted by Crippen LogP contribution is -2.43. The second-order valence-electron chi connectivity index (χ2n) is 4.14. The molecule has 1 fully saturated rings. The Morgan fingerprint density at radius 3 is 3.06 bits per heavy atom. The summed E-state index contributed by atoms with van der Waals surface area (Å²) in [5.74, 6) is 0.419. The van der Waals surface area contributed by atoms with E-state index >= 15 is 0 Å². The zero-order valence-corrected chi connectivity index (χ0v) is 9.56. The van der Waals surface area contributed by atoms with Crippen LogP contribution in [0.15, 0.2) is 6.33 Å². The molecule has 1 aromatic rings. The number of nitrogens with one attached hydrogen (secondary N) is 3. The number of H-pyrrole nitrogens is 1. The highest BCUT2D eigenvalue weighted by molar-refractivity contribution is 5.83. The van der Waals surface area contributed by atoms with Gasteiger partial charge in [0.25, 0.3) is 0 Å². The minimum absolute atomic E-state index is 0.0114. The van der Waals surface area contributed by atoms with Crippen molar-refractivity contribution in [2.45, 2.75) is 25.8 Å². The van der Waals surface area contributed by atoms with Crippen molar-refractivity contribution in [3.05, 3.63) is 12.2 Å². The number of carbonyl (C=O) groups excluding carboxylic acids is 2. The summed E-state index contributed by atoms with van der Waals surface area (Å²) < 4.78 is 0. The molecule has 7 nitrogen and oxygen atoms in total. The van der Waals surface area contributed by atoms with E-state index in [4.69, 9.17) is 0 Å². The van der Waals surface area contributed by atoms with E-state index in [9.17, 15) is 9.59 Å². The monoisotopic (exact) mass is 237 g/mol. The zero-order chi connectivity index (χ0) is 12.3. The van der Waals surface area contributed by atoms with Gasteiger partial charge in [0.1, 0.15) is 12.2 Å². The lowest BCUT2D eigenvalue weighted by Gasteiger charge is -2.23.